The van der Waals surface area contributed by atoms with Crippen molar-refractivity contribution in [3.05, 3.63) is 40.4 Å². The molecule has 98 valence electrons. The summed E-state index contributed by atoms with van der Waals surface area (Å²) in [6, 6.07) is 5.94. The van der Waals surface area contributed by atoms with E-state index in [9.17, 15) is 0 Å². The van der Waals surface area contributed by atoms with Gasteiger partial charge in [0.15, 0.2) is 5.82 Å². The van der Waals surface area contributed by atoms with E-state index in [1.54, 1.807) is 6.33 Å². The molecule has 0 saturated carbocycles. The van der Waals surface area contributed by atoms with Crippen molar-refractivity contribution < 1.29 is 0 Å². The van der Waals surface area contributed by atoms with Crippen LogP contribution in [-0.2, 0) is 13.1 Å². The molecular formula is C12H12BrN5S. The topological polar surface area (TPSA) is 60.0 Å². The SMILES string of the molecule is NC(=S)c1ccc(Br)cc1N1CCn2cnnc2C1. The Morgan fingerprint density at radius 1 is 1.37 bits per heavy atom. The molecule has 5 nitrogen and oxygen atoms in total. The first-order valence-electron chi connectivity index (χ1n) is 5.86. The van der Waals surface area contributed by atoms with Crippen LogP contribution in [0.4, 0.5) is 5.69 Å². The first kappa shape index (κ1) is 12.6. The van der Waals surface area contributed by atoms with Gasteiger partial charge in [-0.05, 0) is 18.2 Å². The van der Waals surface area contributed by atoms with E-state index in [0.29, 0.717) is 11.5 Å². The van der Waals surface area contributed by atoms with Crippen LogP contribution >= 0.6 is 28.1 Å². The first-order chi connectivity index (χ1) is 9.15. The molecule has 0 amide bonds. The second kappa shape index (κ2) is 4.90. The lowest BCUT2D eigenvalue weighted by Gasteiger charge is -2.30. The lowest BCUT2D eigenvalue weighted by Crippen LogP contribution is -2.35. The molecule has 0 bridgehead atoms. The van der Waals surface area contributed by atoms with Gasteiger partial charge < -0.3 is 15.2 Å². The minimum Gasteiger partial charge on any atom is -0.389 e. The number of anilines is 1. The molecule has 0 fully saturated rings. The maximum Gasteiger partial charge on any atom is 0.152 e. The molecule has 1 aromatic heterocycles. The third-order valence-corrected chi connectivity index (χ3v) is 3.92. The summed E-state index contributed by atoms with van der Waals surface area (Å²) in [5.74, 6) is 0.958. The van der Waals surface area contributed by atoms with E-state index in [2.05, 4.69) is 35.6 Å². The van der Waals surface area contributed by atoms with Crippen molar-refractivity contribution in [2.45, 2.75) is 13.1 Å². The average molecular weight is 338 g/mol. The molecule has 1 aromatic carbocycles. The van der Waals surface area contributed by atoms with E-state index >= 15 is 0 Å². The molecule has 0 saturated heterocycles. The fourth-order valence-corrected chi connectivity index (χ4v) is 2.77. The fourth-order valence-electron chi connectivity index (χ4n) is 2.25. The minimum absolute atomic E-state index is 0.412. The monoisotopic (exact) mass is 337 g/mol. The van der Waals surface area contributed by atoms with Crippen LogP contribution in [0.15, 0.2) is 29.0 Å². The molecule has 2 heterocycles. The standard InChI is InChI=1S/C12H12BrN5S/c13-8-1-2-9(12(14)19)10(5-8)17-3-4-18-7-15-16-11(18)6-17/h1-2,5,7H,3-4,6H2,(H2,14,19). The van der Waals surface area contributed by atoms with Crippen LogP contribution < -0.4 is 10.6 Å². The van der Waals surface area contributed by atoms with Crippen LogP contribution in [0.5, 0.6) is 0 Å². The van der Waals surface area contributed by atoms with Crippen molar-refractivity contribution in [1.29, 1.82) is 0 Å². The number of halogens is 1. The van der Waals surface area contributed by atoms with Crippen molar-refractivity contribution >= 4 is 38.8 Å². The molecule has 0 aliphatic carbocycles. The van der Waals surface area contributed by atoms with Gasteiger partial charge in [-0.1, -0.05) is 28.1 Å². The zero-order valence-corrected chi connectivity index (χ0v) is 12.5. The van der Waals surface area contributed by atoms with Crippen molar-refractivity contribution in [2.75, 3.05) is 11.4 Å². The second-order valence-corrected chi connectivity index (χ2v) is 5.74. The quantitative estimate of drug-likeness (QED) is 0.845. The summed E-state index contributed by atoms with van der Waals surface area (Å²) >= 11 is 8.62. The summed E-state index contributed by atoms with van der Waals surface area (Å²) in [5.41, 5.74) is 7.73. The molecule has 1 aliphatic rings. The highest BCUT2D eigenvalue weighted by molar-refractivity contribution is 9.10. The van der Waals surface area contributed by atoms with Gasteiger partial charge in [-0.2, -0.15) is 0 Å². The molecular weight excluding hydrogens is 326 g/mol. The Kier molecular flexibility index (Phi) is 3.24. The van der Waals surface area contributed by atoms with Crippen LogP contribution in [0.3, 0.4) is 0 Å². The van der Waals surface area contributed by atoms with Gasteiger partial charge >= 0.3 is 0 Å². The highest BCUT2D eigenvalue weighted by Gasteiger charge is 2.20. The van der Waals surface area contributed by atoms with Crippen molar-refractivity contribution in [1.82, 2.24) is 14.8 Å². The predicted molar refractivity (Wildman–Crippen MR) is 81.1 cm³/mol. The summed E-state index contributed by atoms with van der Waals surface area (Å²) in [6.45, 7) is 2.47. The van der Waals surface area contributed by atoms with Gasteiger partial charge in [-0.3, -0.25) is 0 Å². The average Bonchev–Trinajstić information content (AvgIpc) is 2.85. The normalized spacial score (nSPS) is 14.3. The zero-order valence-electron chi connectivity index (χ0n) is 10.1. The van der Waals surface area contributed by atoms with Gasteiger partial charge in [0.2, 0.25) is 0 Å². The Balaban J connectivity index is 1.99. The van der Waals surface area contributed by atoms with Crippen LogP contribution in [0, 0.1) is 0 Å². The molecule has 0 radical (unpaired) electrons. The number of nitrogens with zero attached hydrogens (tertiary/aromatic N) is 4. The smallest absolute Gasteiger partial charge is 0.152 e. The Morgan fingerprint density at radius 3 is 3.00 bits per heavy atom. The maximum absolute atomic E-state index is 5.80. The Morgan fingerprint density at radius 2 is 2.21 bits per heavy atom. The Hall–Kier alpha value is -1.47. The summed E-state index contributed by atoms with van der Waals surface area (Å²) in [7, 11) is 0. The third-order valence-electron chi connectivity index (χ3n) is 3.20. The van der Waals surface area contributed by atoms with Crippen LogP contribution in [0.25, 0.3) is 0 Å². The highest BCUT2D eigenvalue weighted by Crippen LogP contribution is 2.27. The number of thiocarbonyl (C=S) groups is 1. The maximum atomic E-state index is 5.80. The number of aromatic nitrogens is 3. The van der Waals surface area contributed by atoms with E-state index in [1.807, 2.05) is 18.2 Å². The van der Waals surface area contributed by atoms with Gasteiger partial charge in [0.1, 0.15) is 11.3 Å². The summed E-state index contributed by atoms with van der Waals surface area (Å²) in [6.07, 6.45) is 1.77. The van der Waals surface area contributed by atoms with Crippen molar-refractivity contribution in [2.24, 2.45) is 5.73 Å². The van der Waals surface area contributed by atoms with E-state index in [4.69, 9.17) is 18.0 Å². The summed E-state index contributed by atoms with van der Waals surface area (Å²) in [4.78, 5) is 2.64. The number of hydrogen-bond donors (Lipinski definition) is 1. The van der Waals surface area contributed by atoms with Crippen LogP contribution in [-0.4, -0.2) is 26.3 Å². The molecule has 0 atom stereocenters. The van der Waals surface area contributed by atoms with Crippen molar-refractivity contribution in [3.8, 4) is 0 Å². The fraction of sp³-hybridized carbons (Fsp3) is 0.250. The third kappa shape index (κ3) is 2.35. The van der Waals surface area contributed by atoms with E-state index in [-0.39, 0.29) is 0 Å². The summed E-state index contributed by atoms with van der Waals surface area (Å²) < 4.78 is 3.07. The highest BCUT2D eigenvalue weighted by atomic mass is 79.9. The second-order valence-electron chi connectivity index (χ2n) is 4.39. The van der Waals surface area contributed by atoms with Gasteiger partial charge in [-0.15, -0.1) is 10.2 Å². The molecule has 1 aliphatic heterocycles. The molecule has 2 N–H and O–H groups in total. The molecule has 0 spiro atoms. The van der Waals surface area contributed by atoms with Crippen molar-refractivity contribution in [3.63, 3.8) is 0 Å². The lowest BCUT2D eigenvalue weighted by atomic mass is 10.1. The molecule has 7 heteroatoms. The number of rotatable bonds is 2. The number of fused-ring (bicyclic) bond motifs is 1. The van der Waals surface area contributed by atoms with Gasteiger partial charge in [0.25, 0.3) is 0 Å². The molecule has 3 rings (SSSR count). The van der Waals surface area contributed by atoms with Crippen LogP contribution in [0.1, 0.15) is 11.4 Å². The minimum atomic E-state index is 0.412. The molecule has 2 aromatic rings. The Labute approximate surface area is 124 Å². The number of benzene rings is 1. The van der Waals surface area contributed by atoms with Gasteiger partial charge in [0, 0.05) is 28.8 Å². The number of nitrogens with two attached hydrogens (primary N) is 1. The van der Waals surface area contributed by atoms with Gasteiger partial charge in [-0.25, -0.2) is 0 Å². The zero-order chi connectivity index (χ0) is 13.4. The van der Waals surface area contributed by atoms with E-state index < -0.39 is 0 Å². The molecule has 19 heavy (non-hydrogen) atoms. The first-order valence-corrected chi connectivity index (χ1v) is 7.06. The van der Waals surface area contributed by atoms with Crippen LogP contribution in [0.2, 0.25) is 0 Å². The lowest BCUT2D eigenvalue weighted by molar-refractivity contribution is 0.560. The number of hydrogen-bond acceptors (Lipinski definition) is 4. The Bertz CT molecular complexity index is 639. The van der Waals surface area contributed by atoms with E-state index in [1.165, 1.54) is 0 Å². The molecule has 0 unspecified atom stereocenters. The summed E-state index contributed by atoms with van der Waals surface area (Å²) in [5, 5.41) is 8.06. The largest absolute Gasteiger partial charge is 0.389 e. The van der Waals surface area contributed by atoms with Gasteiger partial charge in [0.05, 0.1) is 6.54 Å². The predicted octanol–water partition coefficient (Wildman–Crippen LogP) is 1.70. The van der Waals surface area contributed by atoms with E-state index in [0.717, 1.165) is 34.6 Å².